The van der Waals surface area contributed by atoms with Gasteiger partial charge in [0, 0.05) is 6.07 Å². The lowest BCUT2D eigenvalue weighted by Crippen LogP contribution is -2.49. The molecule has 1 aliphatic rings. The fourth-order valence-electron chi connectivity index (χ4n) is 2.45. The van der Waals surface area contributed by atoms with E-state index in [2.05, 4.69) is 5.32 Å². The largest absolute Gasteiger partial charge is 0.494 e. The van der Waals surface area contributed by atoms with E-state index >= 15 is 0 Å². The summed E-state index contributed by atoms with van der Waals surface area (Å²) in [5.74, 6) is 0.202. The Morgan fingerprint density at radius 3 is 2.68 bits per heavy atom. The van der Waals surface area contributed by atoms with Crippen molar-refractivity contribution in [2.75, 3.05) is 30.0 Å². The number of hydrogen-bond donors (Lipinski definition) is 1. The molecule has 0 aliphatic carbocycles. The van der Waals surface area contributed by atoms with Crippen molar-refractivity contribution >= 4 is 23.3 Å². The van der Waals surface area contributed by atoms with E-state index in [1.807, 2.05) is 19.9 Å². The third-order valence-electron chi connectivity index (χ3n) is 3.46. The molecule has 0 radical (unpaired) electrons. The third kappa shape index (κ3) is 3.32. The van der Waals surface area contributed by atoms with Gasteiger partial charge in [-0.15, -0.1) is 0 Å². The predicted octanol–water partition coefficient (Wildman–Crippen LogP) is 2.19. The van der Waals surface area contributed by atoms with Crippen molar-refractivity contribution in [3.8, 4) is 5.75 Å². The molecule has 6 nitrogen and oxygen atoms in total. The van der Waals surface area contributed by atoms with E-state index in [1.165, 1.54) is 4.90 Å². The Kier molecular flexibility index (Phi) is 5.25. The molecule has 1 N–H and O–H groups in total. The number of anilines is 2. The first-order chi connectivity index (χ1) is 10.6. The molecule has 0 spiro atoms. The lowest BCUT2D eigenvalue weighted by Gasteiger charge is -2.34. The molecular formula is C16H22N2O4. The molecule has 1 aliphatic heterocycles. The highest BCUT2D eigenvalue weighted by atomic mass is 16.5. The summed E-state index contributed by atoms with van der Waals surface area (Å²) < 4.78 is 10.4. The zero-order valence-corrected chi connectivity index (χ0v) is 13.2. The SMILES string of the molecule is CCOC(=O)CN1C(=O)C(CC)Nc2cc(OCC)ccc21. The first kappa shape index (κ1) is 16.1. The number of benzene rings is 1. The Balaban J connectivity index is 2.32. The van der Waals surface area contributed by atoms with Crippen LogP contribution in [0.2, 0.25) is 0 Å². The number of fused-ring (bicyclic) bond motifs is 1. The number of rotatable bonds is 6. The summed E-state index contributed by atoms with van der Waals surface area (Å²) in [5, 5.41) is 3.21. The molecule has 6 heteroatoms. The van der Waals surface area contributed by atoms with E-state index in [0.717, 1.165) is 11.4 Å². The van der Waals surface area contributed by atoms with Gasteiger partial charge in [0.2, 0.25) is 5.91 Å². The summed E-state index contributed by atoms with van der Waals surface area (Å²) in [6.45, 7) is 6.38. The van der Waals surface area contributed by atoms with Gasteiger partial charge in [0.1, 0.15) is 18.3 Å². The van der Waals surface area contributed by atoms with E-state index in [9.17, 15) is 9.59 Å². The van der Waals surface area contributed by atoms with Crippen molar-refractivity contribution in [3.63, 3.8) is 0 Å². The van der Waals surface area contributed by atoms with Crippen LogP contribution in [0.25, 0.3) is 0 Å². The quantitative estimate of drug-likeness (QED) is 0.816. The Morgan fingerprint density at radius 1 is 1.27 bits per heavy atom. The molecular weight excluding hydrogens is 284 g/mol. The number of nitrogens with one attached hydrogen (secondary N) is 1. The highest BCUT2D eigenvalue weighted by molar-refractivity contribution is 6.07. The van der Waals surface area contributed by atoms with Gasteiger partial charge >= 0.3 is 5.97 Å². The van der Waals surface area contributed by atoms with Crippen LogP contribution in [0.1, 0.15) is 27.2 Å². The van der Waals surface area contributed by atoms with Crippen molar-refractivity contribution in [3.05, 3.63) is 18.2 Å². The monoisotopic (exact) mass is 306 g/mol. The van der Waals surface area contributed by atoms with Crippen LogP contribution < -0.4 is 15.0 Å². The van der Waals surface area contributed by atoms with Crippen LogP contribution in [-0.4, -0.2) is 37.7 Å². The second kappa shape index (κ2) is 7.15. The lowest BCUT2D eigenvalue weighted by atomic mass is 10.1. The Morgan fingerprint density at radius 2 is 2.05 bits per heavy atom. The fraction of sp³-hybridized carbons (Fsp3) is 0.500. The first-order valence-electron chi connectivity index (χ1n) is 7.61. The zero-order valence-electron chi connectivity index (χ0n) is 13.2. The smallest absolute Gasteiger partial charge is 0.326 e. The van der Waals surface area contributed by atoms with Gasteiger partial charge in [0.15, 0.2) is 0 Å². The first-order valence-corrected chi connectivity index (χ1v) is 7.61. The number of carbonyl (C=O) groups is 2. The normalized spacial score (nSPS) is 16.8. The summed E-state index contributed by atoms with van der Waals surface area (Å²) in [6.07, 6.45) is 0.635. The van der Waals surface area contributed by atoms with Gasteiger partial charge in [-0.05, 0) is 32.4 Å². The molecule has 0 aromatic heterocycles. The predicted molar refractivity (Wildman–Crippen MR) is 84.3 cm³/mol. The molecule has 0 saturated heterocycles. The maximum absolute atomic E-state index is 12.5. The van der Waals surface area contributed by atoms with Gasteiger partial charge in [-0.25, -0.2) is 0 Å². The van der Waals surface area contributed by atoms with E-state index in [4.69, 9.17) is 9.47 Å². The molecule has 120 valence electrons. The van der Waals surface area contributed by atoms with Crippen LogP contribution in [0.3, 0.4) is 0 Å². The lowest BCUT2D eigenvalue weighted by molar-refractivity contribution is -0.142. The molecule has 1 aromatic carbocycles. The summed E-state index contributed by atoms with van der Waals surface area (Å²) in [7, 11) is 0. The standard InChI is InChI=1S/C16H22N2O4/c1-4-12-16(20)18(10-15(19)22-6-3)14-8-7-11(21-5-2)9-13(14)17-12/h7-9,12,17H,4-6,10H2,1-3H3. The Labute approximate surface area is 130 Å². The number of nitrogens with zero attached hydrogens (tertiary/aromatic N) is 1. The molecule has 0 saturated carbocycles. The van der Waals surface area contributed by atoms with E-state index in [-0.39, 0.29) is 18.5 Å². The Hall–Kier alpha value is -2.24. The molecule has 1 atom stereocenters. The second-order valence-electron chi connectivity index (χ2n) is 4.95. The molecule has 1 unspecified atom stereocenters. The Bertz CT molecular complexity index is 559. The molecule has 2 rings (SSSR count). The highest BCUT2D eigenvalue weighted by Crippen LogP contribution is 2.35. The number of esters is 1. The number of ether oxygens (including phenoxy) is 2. The maximum Gasteiger partial charge on any atom is 0.326 e. The van der Waals surface area contributed by atoms with Crippen LogP contribution in [0.5, 0.6) is 5.75 Å². The van der Waals surface area contributed by atoms with Gasteiger partial charge in [-0.1, -0.05) is 6.92 Å². The van der Waals surface area contributed by atoms with Crippen LogP contribution in [0.4, 0.5) is 11.4 Å². The van der Waals surface area contributed by atoms with Gasteiger partial charge in [0.25, 0.3) is 0 Å². The fourth-order valence-corrected chi connectivity index (χ4v) is 2.45. The van der Waals surface area contributed by atoms with Crippen molar-refractivity contribution < 1.29 is 19.1 Å². The third-order valence-corrected chi connectivity index (χ3v) is 3.46. The maximum atomic E-state index is 12.5. The number of hydrogen-bond acceptors (Lipinski definition) is 5. The van der Waals surface area contributed by atoms with Crippen LogP contribution in [0.15, 0.2) is 18.2 Å². The summed E-state index contributed by atoms with van der Waals surface area (Å²) in [6, 6.07) is 5.09. The average Bonchev–Trinajstić information content (AvgIpc) is 2.50. The van der Waals surface area contributed by atoms with E-state index in [1.54, 1.807) is 19.1 Å². The van der Waals surface area contributed by atoms with E-state index < -0.39 is 5.97 Å². The van der Waals surface area contributed by atoms with Crippen LogP contribution in [0, 0.1) is 0 Å². The molecule has 1 heterocycles. The summed E-state index contributed by atoms with van der Waals surface area (Å²) in [5.41, 5.74) is 1.47. The topological polar surface area (TPSA) is 67.9 Å². The molecule has 0 bridgehead atoms. The number of amides is 1. The van der Waals surface area contributed by atoms with Gasteiger partial charge in [-0.2, -0.15) is 0 Å². The summed E-state index contributed by atoms with van der Waals surface area (Å²) >= 11 is 0. The highest BCUT2D eigenvalue weighted by Gasteiger charge is 2.33. The van der Waals surface area contributed by atoms with Gasteiger partial charge in [0.05, 0.1) is 24.6 Å². The van der Waals surface area contributed by atoms with Crippen LogP contribution >= 0.6 is 0 Å². The summed E-state index contributed by atoms with van der Waals surface area (Å²) in [4.78, 5) is 25.7. The van der Waals surface area contributed by atoms with Crippen molar-refractivity contribution in [2.24, 2.45) is 0 Å². The minimum atomic E-state index is -0.410. The zero-order chi connectivity index (χ0) is 16.1. The van der Waals surface area contributed by atoms with E-state index in [0.29, 0.717) is 25.3 Å². The average molecular weight is 306 g/mol. The molecule has 0 fully saturated rings. The van der Waals surface area contributed by atoms with Gasteiger partial charge in [-0.3, -0.25) is 14.5 Å². The number of carbonyl (C=O) groups excluding carboxylic acids is 2. The molecule has 1 aromatic rings. The minimum absolute atomic E-state index is 0.0775. The molecule has 1 amide bonds. The van der Waals surface area contributed by atoms with Crippen molar-refractivity contribution in [1.29, 1.82) is 0 Å². The van der Waals surface area contributed by atoms with Crippen molar-refractivity contribution in [2.45, 2.75) is 33.2 Å². The van der Waals surface area contributed by atoms with Gasteiger partial charge < -0.3 is 14.8 Å². The molecule has 22 heavy (non-hydrogen) atoms. The minimum Gasteiger partial charge on any atom is -0.494 e. The van der Waals surface area contributed by atoms with Crippen molar-refractivity contribution in [1.82, 2.24) is 0 Å². The van der Waals surface area contributed by atoms with Crippen LogP contribution in [-0.2, 0) is 14.3 Å². The second-order valence-corrected chi connectivity index (χ2v) is 4.95.